The topological polar surface area (TPSA) is 59.8 Å². The number of carbonyl (C=O) groups is 1. The first-order valence-corrected chi connectivity index (χ1v) is 8.33. The number of allylic oxidation sites excluding steroid dienone is 1. The third-order valence-corrected chi connectivity index (χ3v) is 4.94. The third kappa shape index (κ3) is 1.77. The van der Waals surface area contributed by atoms with Gasteiger partial charge in [0.25, 0.3) is 0 Å². The number of hydrogen-bond acceptors (Lipinski definition) is 4. The highest BCUT2D eigenvalue weighted by Crippen LogP contribution is 2.44. The summed E-state index contributed by atoms with van der Waals surface area (Å²) in [6.07, 6.45) is 1.51. The van der Waals surface area contributed by atoms with Crippen LogP contribution < -0.4 is 5.32 Å². The summed E-state index contributed by atoms with van der Waals surface area (Å²) in [5.41, 5.74) is 4.19. The number of nitrogens with zero attached hydrogens (tertiary/aromatic N) is 3. The van der Waals surface area contributed by atoms with Gasteiger partial charge in [-0.15, -0.1) is 0 Å². The standard InChI is InChI=1S/C18H11BrN4O/c19-11-5-3-4-10(8-11)16-14-15(22-18-20-9-21-23(16)18)12-6-1-2-7-13(12)17(14)24/h1-9,16H,(H,20,21,22)/t16-/m0/s1. The number of fused-ring (bicyclic) bond motifs is 3. The predicted octanol–water partition coefficient (Wildman–Crippen LogP) is 3.66. The largest absolute Gasteiger partial charge is 0.323 e. The van der Waals surface area contributed by atoms with Gasteiger partial charge in [0.15, 0.2) is 5.78 Å². The third-order valence-electron chi connectivity index (χ3n) is 4.45. The number of rotatable bonds is 1. The van der Waals surface area contributed by atoms with Crippen molar-refractivity contribution in [2.45, 2.75) is 6.04 Å². The monoisotopic (exact) mass is 378 g/mol. The fourth-order valence-electron chi connectivity index (χ4n) is 3.45. The number of aromatic nitrogens is 3. The molecule has 2 aliphatic rings. The van der Waals surface area contributed by atoms with E-state index in [0.717, 1.165) is 26.9 Å². The molecule has 0 saturated carbocycles. The molecule has 1 aromatic heterocycles. The number of hydrogen-bond donors (Lipinski definition) is 1. The maximum Gasteiger partial charge on any atom is 0.226 e. The minimum absolute atomic E-state index is 0.0409. The van der Waals surface area contributed by atoms with Crippen LogP contribution in [0, 0.1) is 0 Å². The van der Waals surface area contributed by atoms with Crippen LogP contribution in [0.25, 0.3) is 5.70 Å². The lowest BCUT2D eigenvalue weighted by Crippen LogP contribution is -2.25. The SMILES string of the molecule is O=C1C2=C(Nc3ncnn3[C@H]2c2cccc(Br)c2)c2ccccc21. The minimum Gasteiger partial charge on any atom is -0.323 e. The zero-order chi connectivity index (χ0) is 16.3. The second kappa shape index (κ2) is 4.88. The Bertz CT molecular complexity index is 1040. The molecule has 5 rings (SSSR count). The molecular weight excluding hydrogens is 368 g/mol. The first kappa shape index (κ1) is 13.7. The van der Waals surface area contributed by atoms with Crippen LogP contribution in [0.3, 0.4) is 0 Å². The maximum absolute atomic E-state index is 13.1. The number of benzene rings is 2. The maximum atomic E-state index is 13.1. The van der Waals surface area contributed by atoms with Crippen molar-refractivity contribution in [2.75, 3.05) is 5.32 Å². The van der Waals surface area contributed by atoms with Crippen molar-refractivity contribution >= 4 is 33.4 Å². The molecule has 0 amide bonds. The number of anilines is 1. The summed E-state index contributed by atoms with van der Waals surface area (Å²) in [6.45, 7) is 0. The van der Waals surface area contributed by atoms with Gasteiger partial charge >= 0.3 is 0 Å². The summed E-state index contributed by atoms with van der Waals surface area (Å²) < 4.78 is 2.73. The normalized spacial score (nSPS) is 18.0. The molecule has 2 heterocycles. The minimum atomic E-state index is -0.295. The zero-order valence-corrected chi connectivity index (χ0v) is 14.0. The van der Waals surface area contributed by atoms with Gasteiger partial charge < -0.3 is 5.32 Å². The average molecular weight is 379 g/mol. The Kier molecular flexibility index (Phi) is 2.78. The van der Waals surface area contributed by atoms with Crippen molar-refractivity contribution in [1.29, 1.82) is 0 Å². The van der Waals surface area contributed by atoms with E-state index in [1.807, 2.05) is 48.5 Å². The fraction of sp³-hybridized carbons (Fsp3) is 0.0556. The van der Waals surface area contributed by atoms with Crippen molar-refractivity contribution in [3.8, 4) is 0 Å². The fourth-order valence-corrected chi connectivity index (χ4v) is 3.86. The van der Waals surface area contributed by atoms with Gasteiger partial charge in [0.05, 0.1) is 11.3 Å². The van der Waals surface area contributed by atoms with Crippen molar-refractivity contribution < 1.29 is 4.79 Å². The molecule has 0 bridgehead atoms. The van der Waals surface area contributed by atoms with Gasteiger partial charge in [-0.05, 0) is 17.7 Å². The number of halogens is 1. The molecule has 24 heavy (non-hydrogen) atoms. The van der Waals surface area contributed by atoms with Crippen molar-refractivity contribution in [2.24, 2.45) is 0 Å². The van der Waals surface area contributed by atoms with Crippen molar-refractivity contribution in [3.63, 3.8) is 0 Å². The number of carbonyl (C=O) groups excluding carboxylic acids is 1. The molecule has 1 atom stereocenters. The molecule has 0 radical (unpaired) electrons. The van der Waals surface area contributed by atoms with Crippen LogP contribution in [0.2, 0.25) is 0 Å². The lowest BCUT2D eigenvalue weighted by atomic mass is 9.94. The van der Waals surface area contributed by atoms with Gasteiger partial charge in [-0.25, -0.2) is 4.68 Å². The van der Waals surface area contributed by atoms with Crippen molar-refractivity contribution in [3.05, 3.63) is 81.6 Å². The van der Waals surface area contributed by atoms with E-state index in [2.05, 4.69) is 31.3 Å². The summed E-state index contributed by atoms with van der Waals surface area (Å²) in [5.74, 6) is 0.683. The molecule has 6 heteroatoms. The highest BCUT2D eigenvalue weighted by molar-refractivity contribution is 9.10. The van der Waals surface area contributed by atoms with Crippen LogP contribution in [-0.4, -0.2) is 20.5 Å². The van der Waals surface area contributed by atoms with Gasteiger partial charge in [0, 0.05) is 15.6 Å². The van der Waals surface area contributed by atoms with E-state index in [-0.39, 0.29) is 11.8 Å². The number of nitrogens with one attached hydrogen (secondary N) is 1. The molecule has 3 aromatic rings. The molecule has 5 nitrogen and oxygen atoms in total. The van der Waals surface area contributed by atoms with Crippen LogP contribution in [-0.2, 0) is 0 Å². The van der Waals surface area contributed by atoms with Gasteiger partial charge in [0.1, 0.15) is 12.4 Å². The molecule has 0 fully saturated rings. The molecule has 0 saturated heterocycles. The van der Waals surface area contributed by atoms with Gasteiger partial charge in [-0.3, -0.25) is 4.79 Å². The smallest absolute Gasteiger partial charge is 0.226 e. The van der Waals surface area contributed by atoms with E-state index in [0.29, 0.717) is 11.5 Å². The van der Waals surface area contributed by atoms with Gasteiger partial charge in [0.2, 0.25) is 5.95 Å². The summed E-state index contributed by atoms with van der Waals surface area (Å²) >= 11 is 3.51. The zero-order valence-electron chi connectivity index (χ0n) is 12.4. The quantitative estimate of drug-likeness (QED) is 0.701. The Balaban J connectivity index is 1.78. The second-order valence-corrected chi connectivity index (χ2v) is 6.69. The van der Waals surface area contributed by atoms with E-state index >= 15 is 0 Å². The molecule has 1 aliphatic carbocycles. The lowest BCUT2D eigenvalue weighted by Gasteiger charge is -2.26. The van der Waals surface area contributed by atoms with Crippen LogP contribution >= 0.6 is 15.9 Å². The molecule has 116 valence electrons. The summed E-state index contributed by atoms with van der Waals surface area (Å²) in [5, 5.41) is 7.62. The molecular formula is C18H11BrN4O. The molecule has 2 aromatic carbocycles. The van der Waals surface area contributed by atoms with E-state index < -0.39 is 0 Å². The Morgan fingerprint density at radius 2 is 1.92 bits per heavy atom. The van der Waals surface area contributed by atoms with Gasteiger partial charge in [-0.1, -0.05) is 52.3 Å². The van der Waals surface area contributed by atoms with Crippen LogP contribution in [0.5, 0.6) is 0 Å². The Labute approximate surface area is 146 Å². The van der Waals surface area contributed by atoms with Crippen molar-refractivity contribution in [1.82, 2.24) is 14.8 Å². The summed E-state index contributed by atoms with van der Waals surface area (Å²) in [4.78, 5) is 17.4. The Morgan fingerprint density at radius 3 is 2.75 bits per heavy atom. The molecule has 1 N–H and O–H groups in total. The first-order chi connectivity index (χ1) is 11.7. The molecule has 0 spiro atoms. The van der Waals surface area contributed by atoms with E-state index in [1.165, 1.54) is 6.33 Å². The molecule has 0 unspecified atom stereocenters. The second-order valence-electron chi connectivity index (χ2n) is 5.77. The Morgan fingerprint density at radius 1 is 1.08 bits per heavy atom. The average Bonchev–Trinajstić information content (AvgIpc) is 3.17. The highest BCUT2D eigenvalue weighted by Gasteiger charge is 2.40. The highest BCUT2D eigenvalue weighted by atomic mass is 79.9. The molecule has 1 aliphatic heterocycles. The van der Waals surface area contributed by atoms with E-state index in [1.54, 1.807) is 4.68 Å². The lowest BCUT2D eigenvalue weighted by molar-refractivity contribution is 0.102. The number of Topliss-reactive ketones (excluding diaryl/α,β-unsaturated/α-hetero) is 1. The summed E-state index contributed by atoms with van der Waals surface area (Å²) in [7, 11) is 0. The van der Waals surface area contributed by atoms with Crippen LogP contribution in [0.4, 0.5) is 5.95 Å². The van der Waals surface area contributed by atoms with E-state index in [9.17, 15) is 4.79 Å². The van der Waals surface area contributed by atoms with Crippen LogP contribution in [0.1, 0.15) is 27.5 Å². The van der Waals surface area contributed by atoms with Crippen LogP contribution in [0.15, 0.2) is 64.9 Å². The van der Waals surface area contributed by atoms with E-state index in [4.69, 9.17) is 0 Å². The predicted molar refractivity (Wildman–Crippen MR) is 93.6 cm³/mol. The Hall–Kier alpha value is -2.73. The van der Waals surface area contributed by atoms with Gasteiger partial charge in [-0.2, -0.15) is 10.1 Å². The first-order valence-electron chi connectivity index (χ1n) is 7.54. The number of ketones is 1. The summed E-state index contributed by atoms with van der Waals surface area (Å²) in [6, 6.07) is 15.3.